The number of halogens is 2. The molecule has 1 atom stereocenters. The summed E-state index contributed by atoms with van der Waals surface area (Å²) < 4.78 is 41.6. The van der Waals surface area contributed by atoms with E-state index >= 15 is 0 Å². The first-order valence-corrected chi connectivity index (χ1v) is 6.43. The number of hydrogen-bond acceptors (Lipinski definition) is 4. The molecule has 0 amide bonds. The molecule has 0 heterocycles. The van der Waals surface area contributed by atoms with E-state index in [1.807, 2.05) is 0 Å². The second-order valence-corrected chi connectivity index (χ2v) is 4.19. The number of hydrogen-bond donors (Lipinski definition) is 1. The van der Waals surface area contributed by atoms with Gasteiger partial charge in [-0.15, -0.1) is 0 Å². The molecule has 20 heavy (non-hydrogen) atoms. The number of methoxy groups -OCH3 is 1. The van der Waals surface area contributed by atoms with E-state index in [-0.39, 0.29) is 12.2 Å². The molecule has 0 bridgehead atoms. The summed E-state index contributed by atoms with van der Waals surface area (Å²) in [5.41, 5.74) is -0.0960. The van der Waals surface area contributed by atoms with Crippen LogP contribution < -0.4 is 0 Å². The molecule has 0 aliphatic heterocycles. The molecule has 0 aliphatic rings. The van der Waals surface area contributed by atoms with Gasteiger partial charge in [-0.25, -0.2) is 8.78 Å². The maximum absolute atomic E-state index is 13.4. The Labute approximate surface area is 117 Å². The summed E-state index contributed by atoms with van der Waals surface area (Å²) in [5.74, 6) is -2.01. The largest absolute Gasteiger partial charge is 0.386 e. The van der Waals surface area contributed by atoms with Crippen LogP contribution in [0, 0.1) is 11.6 Å². The highest BCUT2D eigenvalue weighted by molar-refractivity contribution is 5.21. The molecular formula is C14H20F2O4. The molecule has 0 aliphatic carbocycles. The lowest BCUT2D eigenvalue weighted by Gasteiger charge is -2.12. The average molecular weight is 290 g/mol. The predicted molar refractivity (Wildman–Crippen MR) is 69.4 cm³/mol. The molecular weight excluding hydrogens is 270 g/mol. The lowest BCUT2D eigenvalue weighted by Crippen LogP contribution is -2.12. The lowest BCUT2D eigenvalue weighted by molar-refractivity contribution is 0.0169. The van der Waals surface area contributed by atoms with E-state index in [4.69, 9.17) is 14.2 Å². The SMILES string of the molecule is COCCOCCCOCC(O)c1cccc(F)c1F. The highest BCUT2D eigenvalue weighted by Gasteiger charge is 2.15. The van der Waals surface area contributed by atoms with Crippen molar-refractivity contribution >= 4 is 0 Å². The number of benzene rings is 1. The second kappa shape index (κ2) is 9.77. The summed E-state index contributed by atoms with van der Waals surface area (Å²) >= 11 is 0. The minimum Gasteiger partial charge on any atom is -0.386 e. The van der Waals surface area contributed by atoms with Gasteiger partial charge in [0.1, 0.15) is 6.10 Å². The summed E-state index contributed by atoms with van der Waals surface area (Å²) in [5, 5.41) is 9.72. The van der Waals surface area contributed by atoms with Crippen molar-refractivity contribution in [2.75, 3.05) is 40.1 Å². The van der Waals surface area contributed by atoms with Gasteiger partial charge >= 0.3 is 0 Å². The third-order valence-corrected chi connectivity index (χ3v) is 2.63. The number of ether oxygens (including phenoxy) is 3. The molecule has 0 saturated heterocycles. The third-order valence-electron chi connectivity index (χ3n) is 2.63. The highest BCUT2D eigenvalue weighted by Crippen LogP contribution is 2.19. The van der Waals surface area contributed by atoms with E-state index in [9.17, 15) is 13.9 Å². The Bertz CT molecular complexity index is 387. The lowest BCUT2D eigenvalue weighted by atomic mass is 10.1. The molecule has 0 saturated carbocycles. The molecule has 0 aromatic heterocycles. The van der Waals surface area contributed by atoms with Crippen molar-refractivity contribution in [3.05, 3.63) is 35.4 Å². The maximum Gasteiger partial charge on any atom is 0.164 e. The van der Waals surface area contributed by atoms with Crippen LogP contribution in [0.2, 0.25) is 0 Å². The van der Waals surface area contributed by atoms with Gasteiger partial charge < -0.3 is 19.3 Å². The molecule has 6 heteroatoms. The molecule has 1 aromatic rings. The molecule has 1 N–H and O–H groups in total. The van der Waals surface area contributed by atoms with E-state index in [0.717, 1.165) is 6.07 Å². The monoisotopic (exact) mass is 290 g/mol. The normalized spacial score (nSPS) is 12.6. The van der Waals surface area contributed by atoms with Crippen molar-refractivity contribution in [3.63, 3.8) is 0 Å². The van der Waals surface area contributed by atoms with Crippen molar-refractivity contribution in [3.8, 4) is 0 Å². The second-order valence-electron chi connectivity index (χ2n) is 4.19. The van der Waals surface area contributed by atoms with Crippen molar-refractivity contribution < 1.29 is 28.1 Å². The topological polar surface area (TPSA) is 47.9 Å². The first-order valence-electron chi connectivity index (χ1n) is 6.43. The van der Waals surface area contributed by atoms with Gasteiger partial charge in [0, 0.05) is 25.9 Å². The van der Waals surface area contributed by atoms with Crippen molar-refractivity contribution in [1.82, 2.24) is 0 Å². The number of rotatable bonds is 10. The summed E-state index contributed by atoms with van der Waals surface area (Å²) in [6, 6.07) is 3.69. The van der Waals surface area contributed by atoms with Gasteiger partial charge in [-0.05, 0) is 12.5 Å². The smallest absolute Gasteiger partial charge is 0.164 e. The number of aliphatic hydroxyl groups is 1. The molecule has 1 aromatic carbocycles. The summed E-state index contributed by atoms with van der Waals surface area (Å²) in [6.07, 6.45) is -0.526. The Hall–Kier alpha value is -1.08. The van der Waals surface area contributed by atoms with Crippen LogP contribution in [-0.4, -0.2) is 45.3 Å². The fraction of sp³-hybridized carbons (Fsp3) is 0.571. The van der Waals surface area contributed by atoms with Crippen LogP contribution in [0.5, 0.6) is 0 Å². The van der Waals surface area contributed by atoms with Crippen LogP contribution in [0.3, 0.4) is 0 Å². The van der Waals surface area contributed by atoms with Crippen LogP contribution in [0.4, 0.5) is 8.78 Å². The first-order chi connectivity index (χ1) is 9.66. The van der Waals surface area contributed by atoms with E-state index < -0.39 is 17.7 Å². The van der Waals surface area contributed by atoms with Gasteiger partial charge in [-0.2, -0.15) is 0 Å². The number of aliphatic hydroxyl groups excluding tert-OH is 1. The van der Waals surface area contributed by atoms with Crippen LogP contribution >= 0.6 is 0 Å². The Kier molecular flexibility index (Phi) is 8.29. The van der Waals surface area contributed by atoms with E-state index in [1.165, 1.54) is 12.1 Å². The Morgan fingerprint density at radius 3 is 2.60 bits per heavy atom. The fourth-order valence-electron chi connectivity index (χ4n) is 1.57. The highest BCUT2D eigenvalue weighted by atomic mass is 19.2. The molecule has 114 valence electrons. The van der Waals surface area contributed by atoms with Gasteiger partial charge in [0.25, 0.3) is 0 Å². The Morgan fingerprint density at radius 2 is 1.85 bits per heavy atom. The minimum absolute atomic E-state index is 0.0849. The van der Waals surface area contributed by atoms with Gasteiger partial charge in [0.2, 0.25) is 0 Å². The van der Waals surface area contributed by atoms with Crippen LogP contribution in [-0.2, 0) is 14.2 Å². The zero-order chi connectivity index (χ0) is 14.8. The van der Waals surface area contributed by atoms with Crippen LogP contribution in [0.15, 0.2) is 18.2 Å². The fourth-order valence-corrected chi connectivity index (χ4v) is 1.57. The van der Waals surface area contributed by atoms with Gasteiger partial charge in [0.05, 0.1) is 19.8 Å². The van der Waals surface area contributed by atoms with Crippen molar-refractivity contribution in [2.45, 2.75) is 12.5 Å². The summed E-state index contributed by atoms with van der Waals surface area (Å²) in [4.78, 5) is 0. The Morgan fingerprint density at radius 1 is 1.10 bits per heavy atom. The average Bonchev–Trinajstić information content (AvgIpc) is 2.44. The maximum atomic E-state index is 13.4. The Balaban J connectivity index is 2.17. The predicted octanol–water partition coefficient (Wildman–Crippen LogP) is 2.07. The molecule has 1 unspecified atom stereocenters. The van der Waals surface area contributed by atoms with E-state index in [0.29, 0.717) is 32.8 Å². The molecule has 0 radical (unpaired) electrons. The van der Waals surface area contributed by atoms with Crippen molar-refractivity contribution in [1.29, 1.82) is 0 Å². The first kappa shape index (κ1) is 17.0. The molecule has 4 nitrogen and oxygen atoms in total. The zero-order valence-corrected chi connectivity index (χ0v) is 11.5. The van der Waals surface area contributed by atoms with Crippen LogP contribution in [0.25, 0.3) is 0 Å². The summed E-state index contributed by atoms with van der Waals surface area (Å²) in [6.45, 7) is 1.87. The minimum atomic E-state index is -1.18. The van der Waals surface area contributed by atoms with E-state index in [1.54, 1.807) is 7.11 Å². The molecule has 0 fully saturated rings. The molecule has 0 spiro atoms. The zero-order valence-electron chi connectivity index (χ0n) is 11.5. The van der Waals surface area contributed by atoms with Gasteiger partial charge in [0.15, 0.2) is 11.6 Å². The van der Waals surface area contributed by atoms with Crippen molar-refractivity contribution in [2.24, 2.45) is 0 Å². The van der Waals surface area contributed by atoms with Gasteiger partial charge in [-0.3, -0.25) is 0 Å². The quantitative estimate of drug-likeness (QED) is 0.670. The summed E-state index contributed by atoms with van der Waals surface area (Å²) in [7, 11) is 1.60. The molecule has 1 rings (SSSR count). The standard InChI is InChI=1S/C14H20F2O4/c1-18-8-9-19-6-3-7-20-10-13(17)11-4-2-5-12(15)14(11)16/h2,4-5,13,17H,3,6-10H2,1H3. The van der Waals surface area contributed by atoms with Gasteiger partial charge in [-0.1, -0.05) is 12.1 Å². The van der Waals surface area contributed by atoms with Crippen LogP contribution in [0.1, 0.15) is 18.1 Å². The van der Waals surface area contributed by atoms with E-state index in [2.05, 4.69) is 0 Å². The third kappa shape index (κ3) is 5.92.